The maximum Gasteiger partial charge on any atom is 0.241 e. The molecule has 0 unspecified atom stereocenters. The van der Waals surface area contributed by atoms with Crippen molar-refractivity contribution in [2.45, 2.75) is 56.7 Å². The molecule has 3 aromatic heterocycles. The average Bonchev–Trinajstić information content (AvgIpc) is 3.32. The molecule has 5 rings (SSSR count). The van der Waals surface area contributed by atoms with Crippen LogP contribution < -0.4 is 5.32 Å². The lowest BCUT2D eigenvalue weighted by molar-refractivity contribution is -0.0286. The number of hydrogen-bond donors (Lipinski definition) is 2. The second-order valence-electron chi connectivity index (χ2n) is 8.77. The van der Waals surface area contributed by atoms with E-state index in [9.17, 15) is 5.11 Å². The van der Waals surface area contributed by atoms with E-state index < -0.39 is 0 Å². The lowest BCUT2D eigenvalue weighted by Crippen LogP contribution is -2.30. The molecular formula is C22H30N6O3. The minimum atomic E-state index is -0.188. The largest absolute Gasteiger partial charge is 0.393 e. The molecule has 1 atom stereocenters. The maximum atomic E-state index is 9.97. The Morgan fingerprint density at radius 1 is 1.26 bits per heavy atom. The first kappa shape index (κ1) is 20.4. The van der Waals surface area contributed by atoms with Crippen molar-refractivity contribution in [1.29, 1.82) is 0 Å². The first-order chi connectivity index (χ1) is 15.1. The summed E-state index contributed by atoms with van der Waals surface area (Å²) in [5.74, 6) is 0.942. The number of aliphatic hydroxyl groups excluding tert-OH is 1. The standard InChI is InChI=1S/C22H30N6O3/c1-14(11-30-2)25-22-23-9-21-19(16-8-24-27(10-16)17-12-31-13-17)7-20(28(21)26-22)15-3-5-18(29)6-4-15/h7-10,14-15,17-18,29H,3-6,11-13H2,1-2H3,(H,25,26)/t14-,15-,18+/m0/s1. The van der Waals surface area contributed by atoms with Crippen LogP contribution in [0.3, 0.4) is 0 Å². The molecule has 0 amide bonds. The maximum absolute atomic E-state index is 9.97. The lowest BCUT2D eigenvalue weighted by atomic mass is 9.85. The van der Waals surface area contributed by atoms with E-state index in [0.717, 1.165) is 42.3 Å². The molecule has 3 aromatic rings. The van der Waals surface area contributed by atoms with Gasteiger partial charge in [0.15, 0.2) is 0 Å². The van der Waals surface area contributed by atoms with Crippen molar-refractivity contribution in [2.75, 3.05) is 32.2 Å². The molecule has 0 bridgehead atoms. The SMILES string of the molecule is COC[C@H](C)Nc1ncc2c(-c3cnn(C4COC4)c3)cc([C@H]3CC[C@@H](O)CC3)n2n1. The van der Waals surface area contributed by atoms with Gasteiger partial charge in [-0.25, -0.2) is 9.50 Å². The van der Waals surface area contributed by atoms with Gasteiger partial charge < -0.3 is 19.9 Å². The summed E-state index contributed by atoms with van der Waals surface area (Å²) in [6.45, 7) is 4.05. The highest BCUT2D eigenvalue weighted by Crippen LogP contribution is 2.37. The highest BCUT2D eigenvalue weighted by atomic mass is 16.5. The van der Waals surface area contributed by atoms with Gasteiger partial charge in [-0.3, -0.25) is 4.68 Å². The van der Waals surface area contributed by atoms with Crippen LogP contribution in [0.1, 0.15) is 50.3 Å². The Labute approximate surface area is 181 Å². The van der Waals surface area contributed by atoms with Gasteiger partial charge >= 0.3 is 0 Å². The normalized spacial score (nSPS) is 23.1. The van der Waals surface area contributed by atoms with Crippen molar-refractivity contribution in [3.8, 4) is 11.1 Å². The van der Waals surface area contributed by atoms with Gasteiger partial charge in [-0.1, -0.05) is 0 Å². The third-order valence-electron chi connectivity index (χ3n) is 6.36. The number of ether oxygens (including phenoxy) is 2. The molecule has 2 fully saturated rings. The summed E-state index contributed by atoms with van der Waals surface area (Å²) < 4.78 is 14.5. The van der Waals surface area contributed by atoms with Crippen LogP contribution in [-0.2, 0) is 9.47 Å². The fourth-order valence-corrected chi connectivity index (χ4v) is 4.54. The molecule has 2 N–H and O–H groups in total. The first-order valence-electron chi connectivity index (χ1n) is 11.1. The zero-order valence-electron chi connectivity index (χ0n) is 18.1. The quantitative estimate of drug-likeness (QED) is 0.599. The fourth-order valence-electron chi connectivity index (χ4n) is 4.54. The highest BCUT2D eigenvalue weighted by molar-refractivity contribution is 5.81. The summed E-state index contributed by atoms with van der Waals surface area (Å²) >= 11 is 0. The van der Waals surface area contributed by atoms with Crippen LogP contribution in [0.15, 0.2) is 24.7 Å². The Morgan fingerprint density at radius 2 is 2.06 bits per heavy atom. The van der Waals surface area contributed by atoms with Crippen LogP contribution >= 0.6 is 0 Å². The van der Waals surface area contributed by atoms with Gasteiger partial charge in [-0.15, -0.1) is 5.10 Å². The van der Waals surface area contributed by atoms with Gasteiger partial charge in [0.2, 0.25) is 5.95 Å². The van der Waals surface area contributed by atoms with E-state index in [-0.39, 0.29) is 12.1 Å². The zero-order chi connectivity index (χ0) is 21.4. The third kappa shape index (κ3) is 4.05. The number of fused-ring (bicyclic) bond motifs is 1. The minimum absolute atomic E-state index is 0.105. The Bertz CT molecular complexity index is 1040. The topological polar surface area (TPSA) is 98.7 Å². The van der Waals surface area contributed by atoms with Crippen molar-refractivity contribution in [1.82, 2.24) is 24.4 Å². The fraction of sp³-hybridized carbons (Fsp3) is 0.591. The molecule has 0 radical (unpaired) electrons. The lowest BCUT2D eigenvalue weighted by Gasteiger charge is -2.25. The molecule has 9 heteroatoms. The Balaban J connectivity index is 1.53. The van der Waals surface area contributed by atoms with E-state index in [2.05, 4.69) is 27.7 Å². The van der Waals surface area contributed by atoms with Crippen LogP contribution in [-0.4, -0.2) is 68.6 Å². The summed E-state index contributed by atoms with van der Waals surface area (Å²) in [5, 5.41) is 22.7. The van der Waals surface area contributed by atoms with Crippen LogP contribution in [0.5, 0.6) is 0 Å². The van der Waals surface area contributed by atoms with E-state index in [0.29, 0.717) is 37.7 Å². The van der Waals surface area contributed by atoms with Gasteiger partial charge in [0.05, 0.1) is 49.9 Å². The molecular weight excluding hydrogens is 396 g/mol. The predicted octanol–water partition coefficient (Wildman–Crippen LogP) is 2.63. The predicted molar refractivity (Wildman–Crippen MR) is 116 cm³/mol. The number of aliphatic hydroxyl groups is 1. The van der Waals surface area contributed by atoms with Crippen molar-refractivity contribution >= 4 is 11.5 Å². The molecule has 1 aliphatic carbocycles. The van der Waals surface area contributed by atoms with E-state index in [4.69, 9.17) is 14.6 Å². The molecule has 31 heavy (non-hydrogen) atoms. The molecule has 1 aliphatic heterocycles. The van der Waals surface area contributed by atoms with E-state index in [1.54, 1.807) is 7.11 Å². The first-order valence-corrected chi connectivity index (χ1v) is 11.1. The minimum Gasteiger partial charge on any atom is -0.393 e. The summed E-state index contributed by atoms with van der Waals surface area (Å²) in [7, 11) is 1.69. The van der Waals surface area contributed by atoms with Crippen LogP contribution in [0.4, 0.5) is 5.95 Å². The number of aromatic nitrogens is 5. The van der Waals surface area contributed by atoms with Crippen LogP contribution in [0.25, 0.3) is 16.6 Å². The average molecular weight is 427 g/mol. The van der Waals surface area contributed by atoms with Gasteiger partial charge in [0, 0.05) is 42.1 Å². The number of nitrogens with one attached hydrogen (secondary N) is 1. The number of hydrogen-bond acceptors (Lipinski definition) is 7. The number of rotatable bonds is 7. The monoisotopic (exact) mass is 426 g/mol. The second-order valence-corrected chi connectivity index (χ2v) is 8.77. The number of methoxy groups -OCH3 is 1. The van der Waals surface area contributed by atoms with Crippen molar-refractivity contribution < 1.29 is 14.6 Å². The van der Waals surface area contributed by atoms with Crippen LogP contribution in [0, 0.1) is 0 Å². The molecule has 166 valence electrons. The highest BCUT2D eigenvalue weighted by Gasteiger charge is 2.27. The van der Waals surface area contributed by atoms with Gasteiger partial charge in [-0.2, -0.15) is 5.10 Å². The van der Waals surface area contributed by atoms with E-state index in [1.165, 1.54) is 5.69 Å². The molecule has 0 aromatic carbocycles. The Kier molecular flexibility index (Phi) is 5.64. The third-order valence-corrected chi connectivity index (χ3v) is 6.36. The summed E-state index contributed by atoms with van der Waals surface area (Å²) in [6, 6.07) is 2.65. The molecule has 9 nitrogen and oxygen atoms in total. The molecule has 2 aliphatic rings. The summed E-state index contributed by atoms with van der Waals surface area (Å²) in [4.78, 5) is 4.57. The molecule has 0 spiro atoms. The summed E-state index contributed by atoms with van der Waals surface area (Å²) in [5.41, 5.74) is 4.28. The van der Waals surface area contributed by atoms with Gasteiger partial charge in [-0.05, 0) is 38.7 Å². The van der Waals surface area contributed by atoms with Gasteiger partial charge in [0.25, 0.3) is 0 Å². The van der Waals surface area contributed by atoms with Crippen molar-refractivity contribution in [3.05, 3.63) is 30.4 Å². The Morgan fingerprint density at radius 3 is 2.77 bits per heavy atom. The van der Waals surface area contributed by atoms with Gasteiger partial charge in [0.1, 0.15) is 0 Å². The molecule has 1 saturated carbocycles. The zero-order valence-corrected chi connectivity index (χ0v) is 18.1. The molecule has 1 saturated heterocycles. The van der Waals surface area contributed by atoms with Crippen LogP contribution in [0.2, 0.25) is 0 Å². The van der Waals surface area contributed by atoms with Crippen molar-refractivity contribution in [2.24, 2.45) is 0 Å². The molecule has 4 heterocycles. The summed E-state index contributed by atoms with van der Waals surface area (Å²) in [6.07, 6.45) is 9.26. The smallest absolute Gasteiger partial charge is 0.241 e. The van der Waals surface area contributed by atoms with E-state index in [1.807, 2.05) is 28.5 Å². The number of anilines is 1. The Hall–Kier alpha value is -2.49. The second kappa shape index (κ2) is 8.57. The van der Waals surface area contributed by atoms with E-state index >= 15 is 0 Å². The number of nitrogens with zero attached hydrogens (tertiary/aromatic N) is 5. The van der Waals surface area contributed by atoms with Crippen molar-refractivity contribution in [3.63, 3.8) is 0 Å².